The fraction of sp³-hybridized carbons (Fsp3) is 0.641. The van der Waals surface area contributed by atoms with Crippen LogP contribution in [0.1, 0.15) is 108 Å². The number of carbonyl (C=O) groups excluding carboxylic acids is 7. The van der Waals surface area contributed by atoms with Gasteiger partial charge in [-0.2, -0.15) is 13.5 Å². The molecule has 524 valence electrons. The number of carbonyl (C=O) groups is 7. The lowest BCUT2D eigenvalue weighted by Gasteiger charge is -2.26. The number of hydrazone groups is 1. The monoisotopic (exact) mass is 1340 g/mol. The molecule has 1 saturated carbocycles. The molecule has 4 rings (SSSR count). The highest BCUT2D eigenvalue weighted by molar-refractivity contribution is 7.85. The molecular weight excluding hydrogens is 1240 g/mol. The standard InChI is InChI=1S/C64H98N10O19S/c1-48(2)61(63(65)80)72-64(81)53(71-58(77)24-30-86-34-38-90-42-44-92-40-36-88-32-27-69-56(75)21-22-60(79)74-46-51-14-7-6-12-49(51)19-20-50-13-8-9-17-54(50)74)16-10-11-25-68-59(78)47-93-55-18-5-3-4-15-52(62(55)73-66)67-26-31-87-35-39-91-43-41-89-37-33-85-29-23-57(76)70-28-45-94(82,83)84/h6-9,12-14,17,48,53,55,61H,3-5,10-11,15-16,18,21-47,66H2,1-2H3,(H2,65,80)(H,68,78)(H,69,75)(H,70,76)(H,71,77)(H,72,81)(H,82,83,84)/t53-,55?,61+/m1/s1. The van der Waals surface area contributed by atoms with Gasteiger partial charge in [0.25, 0.3) is 10.1 Å². The maximum Gasteiger partial charge on any atom is 0.266 e. The Kier molecular flexibility index (Phi) is 40.4. The van der Waals surface area contributed by atoms with Gasteiger partial charge in [0.1, 0.15) is 30.5 Å². The fourth-order valence-electron chi connectivity index (χ4n) is 9.43. The van der Waals surface area contributed by atoms with Crippen LogP contribution in [-0.4, -0.2) is 228 Å². The summed E-state index contributed by atoms with van der Waals surface area (Å²) < 4.78 is 80.4. The smallest absolute Gasteiger partial charge is 0.266 e. The molecule has 1 unspecified atom stereocenters. The molecule has 0 aromatic heterocycles. The minimum Gasteiger partial charge on any atom is -0.379 e. The van der Waals surface area contributed by atoms with Gasteiger partial charge in [-0.15, -0.1) is 0 Å². The van der Waals surface area contributed by atoms with Gasteiger partial charge in [0.2, 0.25) is 41.4 Å². The molecule has 94 heavy (non-hydrogen) atoms. The first-order valence-electron chi connectivity index (χ1n) is 32.1. The van der Waals surface area contributed by atoms with Gasteiger partial charge in [-0.25, -0.2) is 0 Å². The normalized spacial score (nSPS) is 15.4. The molecule has 1 aliphatic carbocycles. The second-order valence-electron chi connectivity index (χ2n) is 22.1. The number of hydrogen-bond donors (Lipinski definition) is 8. The molecule has 29 nitrogen and oxygen atoms in total. The third kappa shape index (κ3) is 34.9. The second kappa shape index (κ2) is 47.8. The van der Waals surface area contributed by atoms with Crippen molar-refractivity contribution in [2.75, 3.05) is 149 Å². The van der Waals surface area contributed by atoms with Gasteiger partial charge in [0.05, 0.1) is 136 Å². The highest BCUT2D eigenvalue weighted by Crippen LogP contribution is 2.26. The number of para-hydroxylation sites is 1. The number of primary amides is 1. The van der Waals surface area contributed by atoms with Crippen molar-refractivity contribution in [2.24, 2.45) is 27.6 Å². The lowest BCUT2D eigenvalue weighted by molar-refractivity contribution is -0.132. The first-order valence-corrected chi connectivity index (χ1v) is 33.7. The maximum absolute atomic E-state index is 13.4. The van der Waals surface area contributed by atoms with Crippen LogP contribution in [0.3, 0.4) is 0 Å². The molecule has 1 aliphatic heterocycles. The Hall–Kier alpha value is -7.02. The molecule has 0 radical (unpaired) electrons. The largest absolute Gasteiger partial charge is 0.379 e. The lowest BCUT2D eigenvalue weighted by atomic mass is 9.95. The van der Waals surface area contributed by atoms with Gasteiger partial charge in [-0.1, -0.05) is 68.9 Å². The topological polar surface area (TPSA) is 397 Å². The van der Waals surface area contributed by atoms with Crippen molar-refractivity contribution >= 4 is 68.6 Å². The third-order valence-corrected chi connectivity index (χ3v) is 15.1. The van der Waals surface area contributed by atoms with E-state index in [0.29, 0.717) is 116 Å². The third-order valence-electron chi connectivity index (χ3n) is 14.4. The predicted octanol–water partition coefficient (Wildman–Crippen LogP) is 1.25. The number of anilines is 1. The summed E-state index contributed by atoms with van der Waals surface area (Å²) in [6.07, 6.45) is 4.53. The maximum atomic E-state index is 13.4. The summed E-state index contributed by atoms with van der Waals surface area (Å²) >= 11 is 0. The Labute approximate surface area is 551 Å². The molecule has 2 aromatic rings. The number of ether oxygens (including phenoxy) is 9. The number of benzene rings is 2. The number of nitrogens with two attached hydrogens (primary N) is 2. The number of aliphatic imine (C=N–C) groups is 1. The lowest BCUT2D eigenvalue weighted by Crippen LogP contribution is -2.54. The van der Waals surface area contributed by atoms with Crippen LogP contribution in [0, 0.1) is 17.8 Å². The summed E-state index contributed by atoms with van der Waals surface area (Å²) in [5, 5.41) is 17.5. The Morgan fingerprint density at radius 3 is 1.81 bits per heavy atom. The Morgan fingerprint density at radius 2 is 1.18 bits per heavy atom. The summed E-state index contributed by atoms with van der Waals surface area (Å²) in [6, 6.07) is 13.3. The van der Waals surface area contributed by atoms with E-state index in [9.17, 15) is 42.0 Å². The molecule has 7 amide bonds. The predicted molar refractivity (Wildman–Crippen MR) is 349 cm³/mol. The number of unbranched alkanes of at least 4 members (excludes halogenated alkanes) is 1. The van der Waals surface area contributed by atoms with Crippen LogP contribution >= 0.6 is 0 Å². The number of nitrogens with zero attached hydrogens (tertiary/aromatic N) is 3. The van der Waals surface area contributed by atoms with Gasteiger partial charge in [0, 0.05) is 56.4 Å². The molecule has 1 fully saturated rings. The van der Waals surface area contributed by atoms with E-state index in [4.69, 9.17) is 63.8 Å². The zero-order valence-electron chi connectivity index (χ0n) is 54.4. The highest BCUT2D eigenvalue weighted by Gasteiger charge is 2.29. The van der Waals surface area contributed by atoms with Crippen molar-refractivity contribution < 1.29 is 89.2 Å². The van der Waals surface area contributed by atoms with Gasteiger partial charge >= 0.3 is 0 Å². The quantitative estimate of drug-likeness (QED) is 0.0152. The zero-order chi connectivity index (χ0) is 68.0. The molecule has 2 aliphatic rings. The minimum atomic E-state index is -4.13. The van der Waals surface area contributed by atoms with Crippen molar-refractivity contribution in [2.45, 2.75) is 116 Å². The molecule has 2 aromatic carbocycles. The van der Waals surface area contributed by atoms with E-state index < -0.39 is 57.7 Å². The van der Waals surface area contributed by atoms with Crippen molar-refractivity contribution in [3.8, 4) is 11.8 Å². The van der Waals surface area contributed by atoms with Crippen LogP contribution in [0.25, 0.3) is 0 Å². The average Bonchev–Trinajstić information content (AvgIpc) is 0.819. The number of hydrogen-bond acceptors (Lipinski definition) is 21. The van der Waals surface area contributed by atoms with Crippen molar-refractivity contribution in [1.82, 2.24) is 26.6 Å². The van der Waals surface area contributed by atoms with Gasteiger partial charge in [-0.05, 0) is 68.2 Å². The summed E-state index contributed by atoms with van der Waals surface area (Å²) in [5.41, 5.74) is 10.0. The van der Waals surface area contributed by atoms with E-state index in [-0.39, 0.29) is 122 Å². The van der Waals surface area contributed by atoms with Crippen LogP contribution in [0.2, 0.25) is 0 Å². The molecule has 30 heteroatoms. The number of fused-ring (bicyclic) bond motifs is 2. The summed E-state index contributed by atoms with van der Waals surface area (Å²) in [7, 11) is -4.13. The van der Waals surface area contributed by atoms with Crippen molar-refractivity contribution in [1.29, 1.82) is 0 Å². The summed E-state index contributed by atoms with van der Waals surface area (Å²) in [5.74, 6) is 8.52. The van der Waals surface area contributed by atoms with Crippen molar-refractivity contribution in [3.63, 3.8) is 0 Å². The Balaban J connectivity index is 1.01. The average molecular weight is 1340 g/mol. The fourth-order valence-corrected chi connectivity index (χ4v) is 9.79. The minimum absolute atomic E-state index is 0.0329. The number of amides is 7. The van der Waals surface area contributed by atoms with Crippen LogP contribution in [0.15, 0.2) is 58.6 Å². The molecular formula is C64H98N10O19S. The Bertz CT molecular complexity index is 2870. The van der Waals surface area contributed by atoms with Crippen LogP contribution in [-0.2, 0) is 92.9 Å². The van der Waals surface area contributed by atoms with Crippen LogP contribution in [0.4, 0.5) is 5.69 Å². The van der Waals surface area contributed by atoms with Gasteiger partial charge < -0.3 is 85.7 Å². The highest BCUT2D eigenvalue weighted by atomic mass is 32.2. The second-order valence-corrected chi connectivity index (χ2v) is 23.7. The van der Waals surface area contributed by atoms with E-state index >= 15 is 0 Å². The molecule has 0 spiro atoms. The zero-order valence-corrected chi connectivity index (χ0v) is 55.2. The van der Waals surface area contributed by atoms with E-state index in [1.807, 2.05) is 48.5 Å². The Morgan fingerprint density at radius 1 is 0.628 bits per heavy atom. The summed E-state index contributed by atoms with van der Waals surface area (Å²) in [6.45, 7) is 8.69. The van der Waals surface area contributed by atoms with Gasteiger partial charge in [0.15, 0.2) is 0 Å². The number of nitrogens with one attached hydrogen (secondary N) is 5. The molecule has 10 N–H and O–H groups in total. The molecule has 1 heterocycles. The van der Waals surface area contributed by atoms with E-state index in [1.165, 1.54) is 0 Å². The van der Waals surface area contributed by atoms with E-state index in [2.05, 4.69) is 43.5 Å². The molecule has 3 atom stereocenters. The van der Waals surface area contributed by atoms with Crippen LogP contribution in [0.5, 0.6) is 0 Å². The first-order chi connectivity index (χ1) is 45.4. The first kappa shape index (κ1) is 79.4. The van der Waals surface area contributed by atoms with Crippen LogP contribution < -0.4 is 43.1 Å². The van der Waals surface area contributed by atoms with Crippen molar-refractivity contribution in [3.05, 3.63) is 65.2 Å². The SMILES string of the molecule is CC(C)[C@H](NC(=O)[C@@H](CCCCNC(=O)COC1CCCCCC(=NCCOCCOCCOCCOCCC(=O)NCCS(=O)(=O)O)C1=NN)NC(=O)CCOCCOCCOCCOCCNC(=O)CCC(=O)N1Cc2ccccc2C#Cc2ccccc21)C(N)=O. The summed E-state index contributed by atoms with van der Waals surface area (Å²) in [4.78, 5) is 95.6. The van der Waals surface area contributed by atoms with Gasteiger partial charge in [-0.3, -0.25) is 43.1 Å². The molecule has 0 bridgehead atoms. The number of rotatable bonds is 49. The van der Waals surface area contributed by atoms with E-state index in [1.54, 1.807) is 18.7 Å². The molecule has 0 saturated heterocycles. The van der Waals surface area contributed by atoms with E-state index in [0.717, 1.165) is 41.6 Å².